The Bertz CT molecular complexity index is 348. The number of ketones is 1. The number of rotatable bonds is 2. The molecule has 2 heterocycles. The molecule has 0 saturated carbocycles. The molecule has 14 heavy (non-hydrogen) atoms. The summed E-state index contributed by atoms with van der Waals surface area (Å²) >= 11 is 1.75. The third-order valence-corrected chi connectivity index (χ3v) is 4.18. The van der Waals surface area contributed by atoms with E-state index in [4.69, 9.17) is 4.42 Å². The summed E-state index contributed by atoms with van der Waals surface area (Å²) in [5.41, 5.74) is 0. The van der Waals surface area contributed by atoms with Gasteiger partial charge in [0, 0.05) is 0 Å². The van der Waals surface area contributed by atoms with Crippen LogP contribution in [-0.2, 0) is 0 Å². The highest BCUT2D eigenvalue weighted by Gasteiger charge is 2.39. The van der Waals surface area contributed by atoms with Gasteiger partial charge in [0.25, 0.3) is 0 Å². The van der Waals surface area contributed by atoms with Crippen molar-refractivity contribution in [2.75, 3.05) is 5.75 Å². The number of carbonyl (C=O) groups is 1. The average molecular weight is 210 g/mol. The van der Waals surface area contributed by atoms with Crippen LogP contribution in [0.15, 0.2) is 16.5 Å². The first-order chi connectivity index (χ1) is 6.62. The van der Waals surface area contributed by atoms with E-state index in [2.05, 4.69) is 0 Å². The molecule has 0 spiro atoms. The van der Waals surface area contributed by atoms with Crippen LogP contribution in [0.3, 0.4) is 0 Å². The zero-order chi connectivity index (χ0) is 10.2. The number of Topliss-reactive ketones (excluding diaryl/α,β-unsaturated/α-hetero) is 1. The summed E-state index contributed by atoms with van der Waals surface area (Å²) in [5.74, 6) is 2.55. The lowest BCUT2D eigenvalue weighted by atomic mass is 9.99. The number of aryl methyl sites for hydroxylation is 1. The second kappa shape index (κ2) is 3.46. The molecule has 76 valence electrons. The Hall–Kier alpha value is -0.700. The molecule has 0 aromatic carbocycles. The second-order valence-electron chi connectivity index (χ2n) is 3.92. The fraction of sp³-hybridized carbons (Fsp3) is 0.545. The fourth-order valence-electron chi connectivity index (χ4n) is 1.78. The molecule has 0 radical (unpaired) electrons. The molecule has 0 amide bonds. The van der Waals surface area contributed by atoms with Crippen LogP contribution in [0.4, 0.5) is 0 Å². The highest BCUT2D eigenvalue weighted by Crippen LogP contribution is 2.40. The van der Waals surface area contributed by atoms with Gasteiger partial charge in [0.15, 0.2) is 5.76 Å². The Morgan fingerprint density at radius 2 is 2.36 bits per heavy atom. The maximum absolute atomic E-state index is 12.1. The van der Waals surface area contributed by atoms with Crippen molar-refractivity contribution >= 4 is 17.5 Å². The monoisotopic (exact) mass is 210 g/mol. The summed E-state index contributed by atoms with van der Waals surface area (Å²) in [6.45, 7) is 3.88. The summed E-state index contributed by atoms with van der Waals surface area (Å²) in [5, 5.41) is 0. The van der Waals surface area contributed by atoms with Crippen LogP contribution in [0.2, 0.25) is 0 Å². The molecule has 1 aliphatic rings. The smallest absolute Gasteiger partial charge is 0.213 e. The van der Waals surface area contributed by atoms with E-state index in [1.165, 1.54) is 0 Å². The molecule has 1 unspecified atom stereocenters. The summed E-state index contributed by atoms with van der Waals surface area (Å²) in [4.78, 5) is 12.1. The number of hydrogen-bond acceptors (Lipinski definition) is 3. The number of hydrogen-bond donors (Lipinski definition) is 0. The zero-order valence-electron chi connectivity index (χ0n) is 8.50. The van der Waals surface area contributed by atoms with E-state index >= 15 is 0 Å². The van der Waals surface area contributed by atoms with Gasteiger partial charge in [0.1, 0.15) is 5.76 Å². The third kappa shape index (κ3) is 1.61. The highest BCUT2D eigenvalue weighted by atomic mass is 32.2. The number of carbonyl (C=O) groups excluding carboxylic acids is 1. The van der Waals surface area contributed by atoms with E-state index in [9.17, 15) is 4.79 Å². The molecular weight excluding hydrogens is 196 g/mol. The van der Waals surface area contributed by atoms with E-state index < -0.39 is 0 Å². The topological polar surface area (TPSA) is 30.2 Å². The fourth-order valence-corrected chi connectivity index (χ4v) is 3.03. The lowest BCUT2D eigenvalue weighted by molar-refractivity contribution is 0.0920. The lowest BCUT2D eigenvalue weighted by Crippen LogP contribution is -2.28. The summed E-state index contributed by atoms with van der Waals surface area (Å²) in [7, 11) is 0. The normalized spacial score (nSPS) is 26.7. The van der Waals surface area contributed by atoms with Crippen molar-refractivity contribution in [3.63, 3.8) is 0 Å². The van der Waals surface area contributed by atoms with E-state index in [1.54, 1.807) is 17.8 Å². The SMILES string of the molecule is Cc1ccc(C(=O)C2(C)CCCS2)o1. The predicted octanol–water partition coefficient (Wildman–Crippen LogP) is 3.06. The van der Waals surface area contributed by atoms with Crippen molar-refractivity contribution in [2.45, 2.75) is 31.4 Å². The minimum atomic E-state index is -0.246. The number of furan rings is 1. The van der Waals surface area contributed by atoms with Gasteiger partial charge in [-0.2, -0.15) is 0 Å². The quantitative estimate of drug-likeness (QED) is 0.703. The first kappa shape index (κ1) is 9.84. The first-order valence-electron chi connectivity index (χ1n) is 4.87. The van der Waals surface area contributed by atoms with Gasteiger partial charge in [-0.1, -0.05) is 0 Å². The molecule has 1 atom stereocenters. The van der Waals surface area contributed by atoms with Crippen molar-refractivity contribution in [2.24, 2.45) is 0 Å². The van der Waals surface area contributed by atoms with Crippen molar-refractivity contribution in [1.82, 2.24) is 0 Å². The first-order valence-corrected chi connectivity index (χ1v) is 5.86. The predicted molar refractivity (Wildman–Crippen MR) is 57.9 cm³/mol. The van der Waals surface area contributed by atoms with E-state index in [1.807, 2.05) is 19.9 Å². The Kier molecular flexibility index (Phi) is 2.43. The Morgan fingerprint density at radius 3 is 2.86 bits per heavy atom. The molecule has 2 nitrogen and oxygen atoms in total. The Balaban J connectivity index is 2.23. The van der Waals surface area contributed by atoms with E-state index in [0.29, 0.717) is 5.76 Å². The highest BCUT2D eigenvalue weighted by molar-refractivity contribution is 8.01. The molecule has 0 N–H and O–H groups in total. The van der Waals surface area contributed by atoms with Crippen LogP contribution in [0.25, 0.3) is 0 Å². The molecular formula is C11H14O2S. The Morgan fingerprint density at radius 1 is 1.57 bits per heavy atom. The van der Waals surface area contributed by atoms with Crippen LogP contribution < -0.4 is 0 Å². The minimum absolute atomic E-state index is 0.146. The van der Waals surface area contributed by atoms with Crippen LogP contribution in [0.1, 0.15) is 36.1 Å². The molecule has 3 heteroatoms. The molecule has 1 fully saturated rings. The zero-order valence-corrected chi connectivity index (χ0v) is 9.32. The molecule has 0 bridgehead atoms. The molecule has 1 aromatic heterocycles. The van der Waals surface area contributed by atoms with Crippen LogP contribution in [-0.4, -0.2) is 16.3 Å². The van der Waals surface area contributed by atoms with Gasteiger partial charge in [-0.15, -0.1) is 11.8 Å². The van der Waals surface area contributed by atoms with E-state index in [0.717, 1.165) is 24.4 Å². The van der Waals surface area contributed by atoms with Gasteiger partial charge >= 0.3 is 0 Å². The van der Waals surface area contributed by atoms with Gasteiger partial charge in [0.05, 0.1) is 4.75 Å². The molecule has 0 aliphatic carbocycles. The van der Waals surface area contributed by atoms with Crippen molar-refractivity contribution in [3.8, 4) is 0 Å². The minimum Gasteiger partial charge on any atom is -0.458 e. The largest absolute Gasteiger partial charge is 0.458 e. The van der Waals surface area contributed by atoms with Gasteiger partial charge in [-0.25, -0.2) is 0 Å². The summed E-state index contributed by atoms with van der Waals surface area (Å²) in [6, 6.07) is 3.62. The standard InChI is InChI=1S/C11H14O2S/c1-8-4-5-9(13-8)10(12)11(2)6-3-7-14-11/h4-5H,3,6-7H2,1-2H3. The second-order valence-corrected chi connectivity index (χ2v) is 5.52. The maximum atomic E-state index is 12.1. The van der Waals surface area contributed by atoms with Crippen molar-refractivity contribution in [1.29, 1.82) is 0 Å². The molecule has 2 rings (SSSR count). The Labute approximate surface area is 88.1 Å². The van der Waals surface area contributed by atoms with Gasteiger partial charge in [-0.05, 0) is 44.6 Å². The van der Waals surface area contributed by atoms with Crippen LogP contribution in [0, 0.1) is 6.92 Å². The van der Waals surface area contributed by atoms with Crippen molar-refractivity contribution in [3.05, 3.63) is 23.7 Å². The summed E-state index contributed by atoms with van der Waals surface area (Å²) < 4.78 is 5.11. The lowest BCUT2D eigenvalue weighted by Gasteiger charge is -2.18. The van der Waals surface area contributed by atoms with Crippen molar-refractivity contribution < 1.29 is 9.21 Å². The van der Waals surface area contributed by atoms with Gasteiger partial charge in [0.2, 0.25) is 5.78 Å². The average Bonchev–Trinajstić information content (AvgIpc) is 2.74. The molecule has 1 aromatic rings. The molecule has 1 saturated heterocycles. The van der Waals surface area contributed by atoms with Crippen LogP contribution in [0.5, 0.6) is 0 Å². The van der Waals surface area contributed by atoms with Crippen LogP contribution >= 0.6 is 11.8 Å². The van der Waals surface area contributed by atoms with E-state index in [-0.39, 0.29) is 10.5 Å². The van der Waals surface area contributed by atoms with Gasteiger partial charge in [-0.3, -0.25) is 4.79 Å². The number of thioether (sulfide) groups is 1. The third-order valence-electron chi connectivity index (χ3n) is 2.66. The van der Waals surface area contributed by atoms with Gasteiger partial charge < -0.3 is 4.42 Å². The molecule has 1 aliphatic heterocycles. The summed E-state index contributed by atoms with van der Waals surface area (Å²) in [6.07, 6.45) is 2.10. The maximum Gasteiger partial charge on any atom is 0.213 e.